The highest BCUT2D eigenvalue weighted by atomic mass is 32.2. The predicted octanol–water partition coefficient (Wildman–Crippen LogP) is 0.260. The van der Waals surface area contributed by atoms with Crippen LogP contribution in [0.15, 0.2) is 12.7 Å². The van der Waals surface area contributed by atoms with Gasteiger partial charge in [0.15, 0.2) is 0 Å². The van der Waals surface area contributed by atoms with Crippen LogP contribution >= 0.6 is 0 Å². The molecule has 0 radical (unpaired) electrons. The van der Waals surface area contributed by atoms with E-state index in [9.17, 15) is 13.2 Å². The Morgan fingerprint density at radius 1 is 1.41 bits per heavy atom. The maximum atomic E-state index is 10.4. The lowest BCUT2D eigenvalue weighted by atomic mass is 10.6. The Kier molecular flexibility index (Phi) is 11.1. The largest absolute Gasteiger partial charge is 0.461 e. The van der Waals surface area contributed by atoms with Crippen molar-refractivity contribution >= 4 is 16.1 Å². The molecule has 0 aromatic carbocycles. The zero-order valence-electron chi connectivity index (χ0n) is 10.8. The fraction of sp³-hybridized carbons (Fsp3) is 0.700. The first kappa shape index (κ1) is 18.4. The Morgan fingerprint density at radius 2 is 1.94 bits per heavy atom. The van der Waals surface area contributed by atoms with Crippen LogP contribution in [0.5, 0.6) is 0 Å². The van der Waals surface area contributed by atoms with Gasteiger partial charge in [0.1, 0.15) is 6.61 Å². The zero-order chi connectivity index (χ0) is 13.9. The molecule has 0 rings (SSSR count). The standard InChI is InChI=1S/C7H13NO2.C3H8O3S/c1-4-7(9)10-6-5-8(2)3;1-3-7(4,5)6-2/h4H,1,5-6H2,2-3H3;3H2,1-2H3. The fourth-order valence-corrected chi connectivity index (χ4v) is 0.741. The molecule has 0 aromatic rings. The van der Waals surface area contributed by atoms with Crippen molar-refractivity contribution in [1.82, 2.24) is 4.90 Å². The molecule has 0 aliphatic rings. The van der Waals surface area contributed by atoms with Gasteiger partial charge in [-0.2, -0.15) is 8.42 Å². The summed E-state index contributed by atoms with van der Waals surface area (Å²) in [4.78, 5) is 12.4. The van der Waals surface area contributed by atoms with Crippen molar-refractivity contribution in [3.05, 3.63) is 12.7 Å². The Morgan fingerprint density at radius 3 is 2.18 bits per heavy atom. The Hall–Kier alpha value is -0.920. The van der Waals surface area contributed by atoms with Gasteiger partial charge in [-0.25, -0.2) is 4.79 Å². The van der Waals surface area contributed by atoms with Crippen LogP contribution in [0.3, 0.4) is 0 Å². The van der Waals surface area contributed by atoms with Gasteiger partial charge in [-0.15, -0.1) is 0 Å². The van der Waals surface area contributed by atoms with Crippen LogP contribution in [0.2, 0.25) is 0 Å². The minimum Gasteiger partial charge on any atom is -0.461 e. The van der Waals surface area contributed by atoms with Gasteiger partial charge in [-0.1, -0.05) is 6.58 Å². The van der Waals surface area contributed by atoms with Crippen LogP contribution < -0.4 is 0 Å². The first-order chi connectivity index (χ1) is 7.79. The number of carbonyl (C=O) groups excluding carboxylic acids is 1. The SMILES string of the molecule is C=CC(=O)OCCN(C)C.CCS(=O)(=O)OC. The van der Waals surface area contributed by atoms with E-state index in [1.165, 1.54) is 6.92 Å². The first-order valence-corrected chi connectivity index (χ1v) is 6.59. The van der Waals surface area contributed by atoms with E-state index in [-0.39, 0.29) is 11.7 Å². The van der Waals surface area contributed by atoms with Crippen LogP contribution in [0.1, 0.15) is 6.92 Å². The minimum atomic E-state index is -3.16. The molecule has 0 heterocycles. The summed E-state index contributed by atoms with van der Waals surface area (Å²) in [5, 5.41) is 0. The van der Waals surface area contributed by atoms with Crippen molar-refractivity contribution in [1.29, 1.82) is 0 Å². The highest BCUT2D eigenvalue weighted by Gasteiger charge is 2.00. The summed E-state index contributed by atoms with van der Waals surface area (Å²) < 4.78 is 29.1. The van der Waals surface area contributed by atoms with E-state index in [0.717, 1.165) is 19.7 Å². The van der Waals surface area contributed by atoms with Crippen LogP contribution in [-0.4, -0.2) is 59.4 Å². The summed E-state index contributed by atoms with van der Waals surface area (Å²) in [5.74, 6) is -0.314. The van der Waals surface area contributed by atoms with E-state index < -0.39 is 10.1 Å². The van der Waals surface area contributed by atoms with Crippen molar-refractivity contribution in [3.8, 4) is 0 Å². The van der Waals surface area contributed by atoms with Crippen molar-refractivity contribution in [2.45, 2.75) is 6.92 Å². The second kappa shape index (κ2) is 10.2. The normalized spacial score (nSPS) is 10.4. The molecule has 0 aromatic heterocycles. The second-order valence-electron chi connectivity index (χ2n) is 3.19. The average molecular weight is 267 g/mol. The van der Waals surface area contributed by atoms with E-state index in [0.29, 0.717) is 6.61 Å². The molecule has 0 saturated heterocycles. The number of nitrogens with zero attached hydrogens (tertiary/aromatic N) is 1. The molecule has 0 saturated carbocycles. The van der Waals surface area contributed by atoms with Crippen LogP contribution in [0, 0.1) is 0 Å². The lowest BCUT2D eigenvalue weighted by Crippen LogP contribution is -2.19. The molecular weight excluding hydrogens is 246 g/mol. The lowest BCUT2D eigenvalue weighted by Gasteiger charge is -2.07. The Balaban J connectivity index is 0. The lowest BCUT2D eigenvalue weighted by molar-refractivity contribution is -0.137. The van der Waals surface area contributed by atoms with E-state index in [4.69, 9.17) is 4.74 Å². The topological polar surface area (TPSA) is 72.9 Å². The van der Waals surface area contributed by atoms with Crippen LogP contribution in [0.25, 0.3) is 0 Å². The molecule has 0 aliphatic carbocycles. The molecule has 0 aliphatic heterocycles. The van der Waals surface area contributed by atoms with E-state index in [1.807, 2.05) is 19.0 Å². The third kappa shape index (κ3) is 15.1. The molecule has 102 valence electrons. The molecule has 6 nitrogen and oxygen atoms in total. The van der Waals surface area contributed by atoms with Crippen molar-refractivity contribution < 1.29 is 22.1 Å². The van der Waals surface area contributed by atoms with Gasteiger partial charge in [0.25, 0.3) is 10.1 Å². The van der Waals surface area contributed by atoms with Crippen molar-refractivity contribution in [2.24, 2.45) is 0 Å². The molecule has 0 bridgehead atoms. The van der Waals surface area contributed by atoms with Gasteiger partial charge in [0, 0.05) is 12.6 Å². The fourth-order valence-electron chi connectivity index (χ4n) is 0.506. The van der Waals surface area contributed by atoms with Crippen molar-refractivity contribution in [3.63, 3.8) is 0 Å². The van der Waals surface area contributed by atoms with E-state index in [2.05, 4.69) is 10.8 Å². The number of hydrogen-bond donors (Lipinski definition) is 0. The second-order valence-corrected chi connectivity index (χ2v) is 5.21. The quantitative estimate of drug-likeness (QED) is 0.390. The molecule has 0 N–H and O–H groups in total. The van der Waals surface area contributed by atoms with Gasteiger partial charge < -0.3 is 9.64 Å². The third-order valence-corrected chi connectivity index (χ3v) is 2.77. The monoisotopic (exact) mass is 267 g/mol. The minimum absolute atomic E-state index is 0.0451. The highest BCUT2D eigenvalue weighted by molar-refractivity contribution is 7.86. The van der Waals surface area contributed by atoms with E-state index >= 15 is 0 Å². The third-order valence-electron chi connectivity index (χ3n) is 1.56. The van der Waals surface area contributed by atoms with Crippen LogP contribution in [0.4, 0.5) is 0 Å². The van der Waals surface area contributed by atoms with Gasteiger partial charge in [-0.3, -0.25) is 4.18 Å². The number of carbonyl (C=O) groups is 1. The maximum absolute atomic E-state index is 10.4. The van der Waals surface area contributed by atoms with Gasteiger partial charge in [0.05, 0.1) is 12.9 Å². The Labute approximate surface area is 103 Å². The van der Waals surface area contributed by atoms with Crippen LogP contribution in [-0.2, 0) is 23.8 Å². The molecule has 0 amide bonds. The molecule has 0 fully saturated rings. The molecule has 7 heteroatoms. The number of hydrogen-bond acceptors (Lipinski definition) is 6. The highest BCUT2D eigenvalue weighted by Crippen LogP contribution is 1.85. The molecule has 0 spiro atoms. The molecular formula is C10H21NO5S. The summed E-state index contributed by atoms with van der Waals surface area (Å²) in [6.07, 6.45) is 1.16. The van der Waals surface area contributed by atoms with Gasteiger partial charge >= 0.3 is 5.97 Å². The first-order valence-electron chi connectivity index (χ1n) is 5.01. The van der Waals surface area contributed by atoms with E-state index in [1.54, 1.807) is 0 Å². The van der Waals surface area contributed by atoms with Gasteiger partial charge in [-0.05, 0) is 21.0 Å². The number of esters is 1. The maximum Gasteiger partial charge on any atom is 0.330 e. The van der Waals surface area contributed by atoms with Gasteiger partial charge in [0.2, 0.25) is 0 Å². The summed E-state index contributed by atoms with van der Waals surface area (Å²) >= 11 is 0. The smallest absolute Gasteiger partial charge is 0.330 e. The summed E-state index contributed by atoms with van der Waals surface area (Å²) in [6, 6.07) is 0. The van der Waals surface area contributed by atoms with Crippen molar-refractivity contribution in [2.75, 3.05) is 40.1 Å². The Bertz CT molecular complexity index is 301. The number of likely N-dealkylation sites (N-methyl/N-ethyl adjacent to an activating group) is 1. The zero-order valence-corrected chi connectivity index (χ0v) is 11.6. The molecule has 0 atom stereocenters. The number of ether oxygens (including phenoxy) is 1. The average Bonchev–Trinajstić information content (AvgIpc) is 2.29. The molecule has 17 heavy (non-hydrogen) atoms. The molecule has 0 unspecified atom stereocenters. The summed E-state index contributed by atoms with van der Waals surface area (Å²) in [6.45, 7) is 5.97. The number of rotatable bonds is 6. The predicted molar refractivity (Wildman–Crippen MR) is 66.2 cm³/mol. The summed E-state index contributed by atoms with van der Waals surface area (Å²) in [5.41, 5.74) is 0. The summed E-state index contributed by atoms with van der Waals surface area (Å²) in [7, 11) is 1.83.